The molecule has 2 heterocycles. The van der Waals surface area contributed by atoms with Gasteiger partial charge in [0.15, 0.2) is 11.5 Å². The highest BCUT2D eigenvalue weighted by Gasteiger charge is 2.41. The van der Waals surface area contributed by atoms with Crippen molar-refractivity contribution in [1.82, 2.24) is 5.01 Å². The van der Waals surface area contributed by atoms with Gasteiger partial charge in [0.05, 0.1) is 26.0 Å². The zero-order valence-electron chi connectivity index (χ0n) is 16.4. The number of ether oxygens (including phenoxy) is 3. The average Bonchev–Trinajstić information content (AvgIpc) is 3.24. The number of nitrogens with zero attached hydrogens (tertiary/aromatic N) is 2. The van der Waals surface area contributed by atoms with E-state index in [1.165, 1.54) is 5.56 Å². The van der Waals surface area contributed by atoms with Gasteiger partial charge in [0, 0.05) is 17.5 Å². The quantitative estimate of drug-likeness (QED) is 0.637. The van der Waals surface area contributed by atoms with Crippen LogP contribution in [0, 0.1) is 0 Å². The number of para-hydroxylation sites is 1. The molecule has 146 valence electrons. The lowest BCUT2D eigenvalue weighted by molar-refractivity contribution is -0.0191. The highest BCUT2D eigenvalue weighted by molar-refractivity contribution is 6.01. The summed E-state index contributed by atoms with van der Waals surface area (Å²) < 4.78 is 17.3. The van der Waals surface area contributed by atoms with Crippen molar-refractivity contribution >= 4 is 5.71 Å². The monoisotopic (exact) mass is 386 g/mol. The number of benzene rings is 3. The van der Waals surface area contributed by atoms with Gasteiger partial charge in [0.1, 0.15) is 5.75 Å². The van der Waals surface area contributed by atoms with Gasteiger partial charge < -0.3 is 14.2 Å². The maximum absolute atomic E-state index is 6.41. The summed E-state index contributed by atoms with van der Waals surface area (Å²) in [6.07, 6.45) is 0.504. The molecule has 2 aliphatic heterocycles. The van der Waals surface area contributed by atoms with Crippen molar-refractivity contribution in [1.29, 1.82) is 0 Å². The molecule has 0 spiro atoms. The van der Waals surface area contributed by atoms with Gasteiger partial charge in [-0.3, -0.25) is 0 Å². The molecule has 5 rings (SSSR count). The second-order valence-corrected chi connectivity index (χ2v) is 7.14. The van der Waals surface area contributed by atoms with Crippen LogP contribution in [0.15, 0.2) is 77.9 Å². The molecule has 0 aromatic heterocycles. The molecular weight excluding hydrogens is 364 g/mol. The zero-order valence-corrected chi connectivity index (χ0v) is 16.4. The van der Waals surface area contributed by atoms with Gasteiger partial charge in [0.25, 0.3) is 0 Å². The second kappa shape index (κ2) is 7.17. The number of hydrazone groups is 1. The third-order valence-electron chi connectivity index (χ3n) is 5.50. The lowest BCUT2D eigenvalue weighted by Crippen LogP contribution is -2.33. The minimum Gasteiger partial charge on any atom is -0.493 e. The van der Waals surface area contributed by atoms with E-state index in [0.717, 1.165) is 29.0 Å². The predicted molar refractivity (Wildman–Crippen MR) is 112 cm³/mol. The summed E-state index contributed by atoms with van der Waals surface area (Å²) in [5.41, 5.74) is 4.35. The van der Waals surface area contributed by atoms with Gasteiger partial charge in [-0.2, -0.15) is 5.10 Å². The van der Waals surface area contributed by atoms with E-state index < -0.39 is 0 Å². The Morgan fingerprint density at radius 3 is 2.45 bits per heavy atom. The lowest BCUT2D eigenvalue weighted by Gasteiger charge is -2.38. The van der Waals surface area contributed by atoms with Crippen LogP contribution in [-0.2, 0) is 0 Å². The molecule has 0 unspecified atom stereocenters. The lowest BCUT2D eigenvalue weighted by atomic mass is 9.96. The third kappa shape index (κ3) is 2.99. The number of hydrogen-bond donors (Lipinski definition) is 0. The van der Waals surface area contributed by atoms with Gasteiger partial charge in [-0.15, -0.1) is 0 Å². The fourth-order valence-electron chi connectivity index (χ4n) is 4.07. The van der Waals surface area contributed by atoms with E-state index in [-0.39, 0.29) is 12.3 Å². The zero-order chi connectivity index (χ0) is 19.8. The molecule has 0 aliphatic carbocycles. The number of hydrogen-bond acceptors (Lipinski definition) is 5. The summed E-state index contributed by atoms with van der Waals surface area (Å²) in [5.74, 6) is 2.27. The van der Waals surface area contributed by atoms with Crippen molar-refractivity contribution in [3.8, 4) is 17.2 Å². The first-order valence-corrected chi connectivity index (χ1v) is 9.67. The van der Waals surface area contributed by atoms with E-state index in [4.69, 9.17) is 19.3 Å². The van der Waals surface area contributed by atoms with Gasteiger partial charge in [-0.25, -0.2) is 5.01 Å². The molecule has 0 N–H and O–H groups in total. The Kier molecular flexibility index (Phi) is 4.35. The van der Waals surface area contributed by atoms with E-state index >= 15 is 0 Å². The highest BCUT2D eigenvalue weighted by atomic mass is 16.5. The topological polar surface area (TPSA) is 43.3 Å². The SMILES string of the molecule is COc1ccc([C@@H]2Oc3ccccc3[C@H]3CC(c4ccccc4)=NN32)cc1OC. The Balaban J connectivity index is 1.59. The number of rotatable bonds is 4. The van der Waals surface area contributed by atoms with Crippen molar-refractivity contribution in [3.05, 3.63) is 89.5 Å². The second-order valence-electron chi connectivity index (χ2n) is 7.14. The minimum atomic E-state index is -0.337. The fraction of sp³-hybridized carbons (Fsp3) is 0.208. The van der Waals surface area contributed by atoms with E-state index in [0.29, 0.717) is 11.5 Å². The van der Waals surface area contributed by atoms with Crippen LogP contribution in [0.3, 0.4) is 0 Å². The summed E-state index contributed by atoms with van der Waals surface area (Å²) >= 11 is 0. The van der Waals surface area contributed by atoms with Crippen LogP contribution in [0.4, 0.5) is 0 Å². The molecular formula is C24H22N2O3. The number of fused-ring (bicyclic) bond motifs is 3. The van der Waals surface area contributed by atoms with Crippen LogP contribution < -0.4 is 14.2 Å². The van der Waals surface area contributed by atoms with Gasteiger partial charge in [-0.05, 0) is 29.8 Å². The van der Waals surface area contributed by atoms with Crippen LogP contribution in [-0.4, -0.2) is 24.9 Å². The van der Waals surface area contributed by atoms with Crippen LogP contribution in [0.5, 0.6) is 17.2 Å². The van der Waals surface area contributed by atoms with E-state index in [1.807, 2.05) is 48.5 Å². The van der Waals surface area contributed by atoms with E-state index in [2.05, 4.69) is 29.3 Å². The molecule has 0 saturated carbocycles. The molecule has 2 aliphatic rings. The first-order chi connectivity index (χ1) is 14.3. The Hall–Kier alpha value is -3.47. The van der Waals surface area contributed by atoms with Crippen LogP contribution >= 0.6 is 0 Å². The van der Waals surface area contributed by atoms with Crippen molar-refractivity contribution in [2.75, 3.05) is 14.2 Å². The largest absolute Gasteiger partial charge is 0.493 e. The number of methoxy groups -OCH3 is 2. The van der Waals surface area contributed by atoms with Gasteiger partial charge >= 0.3 is 0 Å². The van der Waals surface area contributed by atoms with Gasteiger partial charge in [-0.1, -0.05) is 48.5 Å². The molecule has 0 saturated heterocycles. The van der Waals surface area contributed by atoms with Crippen LogP contribution in [0.1, 0.15) is 35.4 Å². The summed E-state index contributed by atoms with van der Waals surface area (Å²) in [6.45, 7) is 0. The minimum absolute atomic E-state index is 0.133. The van der Waals surface area contributed by atoms with Crippen molar-refractivity contribution in [2.45, 2.75) is 18.7 Å². The predicted octanol–water partition coefficient (Wildman–Crippen LogP) is 4.95. The van der Waals surface area contributed by atoms with Crippen LogP contribution in [0.2, 0.25) is 0 Å². The first kappa shape index (κ1) is 17.6. The highest BCUT2D eigenvalue weighted by Crippen LogP contribution is 2.48. The first-order valence-electron chi connectivity index (χ1n) is 9.67. The Labute approximate surface area is 170 Å². The maximum Gasteiger partial charge on any atom is 0.214 e. The normalized spacial score (nSPS) is 19.7. The molecule has 5 heteroatoms. The molecule has 2 atom stereocenters. The third-order valence-corrected chi connectivity index (χ3v) is 5.50. The Morgan fingerprint density at radius 1 is 0.897 bits per heavy atom. The smallest absolute Gasteiger partial charge is 0.214 e. The molecule has 0 radical (unpaired) electrons. The Morgan fingerprint density at radius 2 is 1.66 bits per heavy atom. The molecule has 0 bridgehead atoms. The molecule has 0 amide bonds. The summed E-state index contributed by atoms with van der Waals surface area (Å²) in [5, 5.41) is 7.06. The molecule has 3 aromatic rings. The van der Waals surface area contributed by atoms with Crippen molar-refractivity contribution in [2.24, 2.45) is 5.10 Å². The Bertz CT molecular complexity index is 1060. The van der Waals surface area contributed by atoms with Crippen molar-refractivity contribution in [3.63, 3.8) is 0 Å². The maximum atomic E-state index is 6.41. The van der Waals surface area contributed by atoms with Crippen molar-refractivity contribution < 1.29 is 14.2 Å². The van der Waals surface area contributed by atoms with Crippen LogP contribution in [0.25, 0.3) is 0 Å². The molecule has 5 nitrogen and oxygen atoms in total. The summed E-state index contributed by atoms with van der Waals surface area (Å²) in [4.78, 5) is 0. The molecule has 3 aromatic carbocycles. The molecule has 0 fully saturated rings. The van der Waals surface area contributed by atoms with E-state index in [1.54, 1.807) is 14.2 Å². The molecule has 29 heavy (non-hydrogen) atoms. The average molecular weight is 386 g/mol. The summed E-state index contributed by atoms with van der Waals surface area (Å²) in [6, 6.07) is 24.6. The van der Waals surface area contributed by atoms with E-state index in [9.17, 15) is 0 Å². The summed E-state index contributed by atoms with van der Waals surface area (Å²) in [7, 11) is 3.28. The standard InChI is InChI=1S/C24H22N2O3/c1-27-22-13-12-17(14-23(22)28-2)24-26-20(18-10-6-7-11-21(18)29-24)15-19(25-26)16-8-4-3-5-9-16/h3-14,20,24H,15H2,1-2H3/t20-,24+/m1/s1. The van der Waals surface area contributed by atoms with Gasteiger partial charge in [0.2, 0.25) is 6.23 Å². The fourth-order valence-corrected chi connectivity index (χ4v) is 4.07.